The minimum Gasteiger partial charge on any atom is -0.354 e. The Balaban J connectivity index is 1.56. The van der Waals surface area contributed by atoms with Gasteiger partial charge in [0, 0.05) is 24.2 Å². The third kappa shape index (κ3) is 3.19. The highest BCUT2D eigenvalue weighted by molar-refractivity contribution is 6.15. The normalized spacial score (nSPS) is 23.8. The van der Waals surface area contributed by atoms with Gasteiger partial charge in [-0.05, 0) is 31.3 Å². The van der Waals surface area contributed by atoms with Gasteiger partial charge >= 0.3 is 0 Å². The molecule has 1 aliphatic carbocycles. The largest absolute Gasteiger partial charge is 0.354 e. The summed E-state index contributed by atoms with van der Waals surface area (Å²) in [5.74, 6) is 0.917. The lowest BCUT2D eigenvalue weighted by Gasteiger charge is -2.18. The average Bonchev–Trinajstić information content (AvgIpc) is 3.13. The van der Waals surface area contributed by atoms with Crippen LogP contribution in [-0.2, 0) is 9.59 Å². The summed E-state index contributed by atoms with van der Waals surface area (Å²) in [7, 11) is 0. The molecule has 9 nitrogen and oxygen atoms in total. The van der Waals surface area contributed by atoms with Gasteiger partial charge in [-0.15, -0.1) is 0 Å². The standard InChI is InChI=1S/C18H20FN7O2/c19-13-3-4-25(9-13)18-24-17(20-7-10-1-2-10)23-15-12(8-21-26(15)18)5-11-6-14(27)22-16(11)28/h5,8,10,13H,1-4,6-7,9H2,(H,20,23)(H,22,27,28)/b11-5+/t13-/m0/s1. The molecule has 5 rings (SSSR count). The Morgan fingerprint density at radius 2 is 2.14 bits per heavy atom. The van der Waals surface area contributed by atoms with Crippen LogP contribution in [0.2, 0.25) is 0 Å². The number of anilines is 2. The molecule has 2 amide bonds. The molecule has 3 aliphatic rings. The van der Waals surface area contributed by atoms with Gasteiger partial charge < -0.3 is 10.2 Å². The number of halogens is 1. The third-order valence-corrected chi connectivity index (χ3v) is 5.26. The summed E-state index contributed by atoms with van der Waals surface area (Å²) in [4.78, 5) is 34.3. The predicted octanol–water partition coefficient (Wildman–Crippen LogP) is 0.924. The van der Waals surface area contributed by atoms with Gasteiger partial charge in [-0.1, -0.05) is 0 Å². The number of amides is 2. The molecule has 0 spiro atoms. The maximum Gasteiger partial charge on any atom is 0.254 e. The molecule has 2 aromatic rings. The van der Waals surface area contributed by atoms with Gasteiger partial charge in [0.2, 0.25) is 17.8 Å². The van der Waals surface area contributed by atoms with Crippen LogP contribution < -0.4 is 15.5 Å². The summed E-state index contributed by atoms with van der Waals surface area (Å²) in [5, 5.41) is 9.90. The van der Waals surface area contributed by atoms with Crippen LogP contribution in [0.3, 0.4) is 0 Å². The number of imide groups is 1. The van der Waals surface area contributed by atoms with Crippen molar-refractivity contribution in [3.8, 4) is 0 Å². The number of carbonyl (C=O) groups is 2. The number of hydrogen-bond donors (Lipinski definition) is 2. The van der Waals surface area contributed by atoms with Crippen molar-refractivity contribution in [2.75, 3.05) is 29.9 Å². The molecule has 2 saturated heterocycles. The molecule has 1 atom stereocenters. The van der Waals surface area contributed by atoms with Crippen LogP contribution in [0.15, 0.2) is 11.8 Å². The Morgan fingerprint density at radius 1 is 1.29 bits per heavy atom. The summed E-state index contributed by atoms with van der Waals surface area (Å²) in [6.45, 7) is 1.62. The van der Waals surface area contributed by atoms with E-state index in [1.807, 2.05) is 4.90 Å². The SMILES string of the molecule is O=C1C/C(=C\c2cnn3c(N4CC[C@H](F)C4)nc(NCC4CC4)nc23)C(=O)N1. The predicted molar refractivity (Wildman–Crippen MR) is 99.5 cm³/mol. The summed E-state index contributed by atoms with van der Waals surface area (Å²) in [6.07, 6.45) is 5.22. The fourth-order valence-corrected chi connectivity index (χ4v) is 3.53. The molecule has 0 radical (unpaired) electrons. The van der Waals surface area contributed by atoms with E-state index in [0.29, 0.717) is 47.6 Å². The van der Waals surface area contributed by atoms with E-state index in [4.69, 9.17) is 0 Å². The van der Waals surface area contributed by atoms with Crippen LogP contribution in [0.1, 0.15) is 31.2 Å². The van der Waals surface area contributed by atoms with Gasteiger partial charge in [-0.3, -0.25) is 14.9 Å². The van der Waals surface area contributed by atoms with Crippen LogP contribution >= 0.6 is 0 Å². The van der Waals surface area contributed by atoms with E-state index >= 15 is 0 Å². The lowest BCUT2D eigenvalue weighted by Crippen LogP contribution is -2.25. The Morgan fingerprint density at radius 3 is 2.82 bits per heavy atom. The van der Waals surface area contributed by atoms with Crippen molar-refractivity contribution in [1.29, 1.82) is 0 Å². The molecule has 0 aromatic carbocycles. The van der Waals surface area contributed by atoms with Gasteiger partial charge in [0.05, 0.1) is 19.2 Å². The molecule has 3 fully saturated rings. The lowest BCUT2D eigenvalue weighted by atomic mass is 10.1. The molecule has 2 aromatic heterocycles. The van der Waals surface area contributed by atoms with Crippen molar-refractivity contribution in [3.63, 3.8) is 0 Å². The topological polar surface area (TPSA) is 105 Å². The molecule has 4 heterocycles. The monoisotopic (exact) mass is 385 g/mol. The summed E-state index contributed by atoms with van der Waals surface area (Å²) in [6, 6.07) is 0. The summed E-state index contributed by atoms with van der Waals surface area (Å²) in [5.41, 5.74) is 1.51. The molecule has 2 aliphatic heterocycles. The highest BCUT2D eigenvalue weighted by Crippen LogP contribution is 2.29. The van der Waals surface area contributed by atoms with Crippen molar-refractivity contribution in [2.24, 2.45) is 5.92 Å². The van der Waals surface area contributed by atoms with Crippen molar-refractivity contribution >= 4 is 35.4 Å². The maximum atomic E-state index is 13.8. The van der Waals surface area contributed by atoms with Crippen LogP contribution in [-0.4, -0.2) is 57.2 Å². The van der Waals surface area contributed by atoms with Gasteiger partial charge in [-0.25, -0.2) is 4.39 Å². The first-order valence-electron chi connectivity index (χ1n) is 9.50. The van der Waals surface area contributed by atoms with Gasteiger partial charge in [0.25, 0.3) is 5.91 Å². The van der Waals surface area contributed by atoms with Gasteiger partial charge in [-0.2, -0.15) is 19.6 Å². The number of alkyl halides is 1. The second-order valence-electron chi connectivity index (χ2n) is 7.56. The zero-order chi connectivity index (χ0) is 19.3. The Labute approximate surface area is 160 Å². The molecule has 146 valence electrons. The zero-order valence-corrected chi connectivity index (χ0v) is 15.2. The number of rotatable bonds is 5. The Kier molecular flexibility index (Phi) is 3.99. The van der Waals surface area contributed by atoms with E-state index in [1.54, 1.807) is 16.8 Å². The fourth-order valence-electron chi connectivity index (χ4n) is 3.53. The van der Waals surface area contributed by atoms with E-state index in [9.17, 15) is 14.0 Å². The minimum atomic E-state index is -0.891. The molecule has 10 heteroatoms. The number of fused-ring (bicyclic) bond motifs is 1. The van der Waals surface area contributed by atoms with Gasteiger partial charge in [0.1, 0.15) is 6.17 Å². The van der Waals surface area contributed by atoms with Crippen LogP contribution in [0.4, 0.5) is 16.3 Å². The Bertz CT molecular complexity index is 997. The molecule has 1 saturated carbocycles. The molecule has 0 unspecified atom stereocenters. The Hall–Kier alpha value is -3.04. The lowest BCUT2D eigenvalue weighted by molar-refractivity contribution is -0.124. The highest BCUT2D eigenvalue weighted by Gasteiger charge is 2.28. The fraction of sp³-hybridized carbons (Fsp3) is 0.500. The molecule has 2 N–H and O–H groups in total. The van der Waals surface area contributed by atoms with E-state index < -0.39 is 12.1 Å². The molecular formula is C18H20FN7O2. The number of hydrogen-bond acceptors (Lipinski definition) is 7. The number of nitrogens with zero attached hydrogens (tertiary/aromatic N) is 5. The quantitative estimate of drug-likeness (QED) is 0.583. The van der Waals surface area contributed by atoms with Crippen molar-refractivity contribution in [3.05, 3.63) is 17.3 Å². The van der Waals surface area contributed by atoms with Gasteiger partial charge in [0.15, 0.2) is 5.65 Å². The maximum absolute atomic E-state index is 13.8. The third-order valence-electron chi connectivity index (χ3n) is 5.26. The molecular weight excluding hydrogens is 365 g/mol. The number of nitrogens with one attached hydrogen (secondary N) is 2. The number of aromatic nitrogens is 4. The second kappa shape index (κ2) is 6.54. The molecule has 0 bridgehead atoms. The van der Waals surface area contributed by atoms with E-state index in [2.05, 4.69) is 25.7 Å². The molecule has 28 heavy (non-hydrogen) atoms. The van der Waals surface area contributed by atoms with Crippen molar-refractivity contribution in [2.45, 2.75) is 31.9 Å². The first-order valence-corrected chi connectivity index (χ1v) is 9.50. The van der Waals surface area contributed by atoms with E-state index in [-0.39, 0.29) is 18.9 Å². The first-order chi connectivity index (χ1) is 13.6. The minimum absolute atomic E-state index is 0.0383. The zero-order valence-electron chi connectivity index (χ0n) is 15.2. The summed E-state index contributed by atoms with van der Waals surface area (Å²) < 4.78 is 15.3. The first kappa shape index (κ1) is 17.1. The highest BCUT2D eigenvalue weighted by atomic mass is 19.1. The van der Waals surface area contributed by atoms with E-state index in [0.717, 1.165) is 6.54 Å². The van der Waals surface area contributed by atoms with Crippen LogP contribution in [0.5, 0.6) is 0 Å². The van der Waals surface area contributed by atoms with Crippen molar-refractivity contribution < 1.29 is 14.0 Å². The number of carbonyl (C=O) groups excluding carboxylic acids is 2. The van der Waals surface area contributed by atoms with Crippen molar-refractivity contribution in [1.82, 2.24) is 24.9 Å². The summed E-state index contributed by atoms with van der Waals surface area (Å²) >= 11 is 0. The average molecular weight is 385 g/mol. The smallest absolute Gasteiger partial charge is 0.254 e. The second-order valence-corrected chi connectivity index (χ2v) is 7.56. The van der Waals surface area contributed by atoms with Crippen LogP contribution in [0, 0.1) is 5.92 Å². The van der Waals surface area contributed by atoms with Crippen LogP contribution in [0.25, 0.3) is 11.7 Å². The van der Waals surface area contributed by atoms with E-state index in [1.165, 1.54) is 12.8 Å².